The molecule has 0 amide bonds. The van der Waals surface area contributed by atoms with Crippen LogP contribution in [0, 0.1) is 0 Å². The summed E-state index contributed by atoms with van der Waals surface area (Å²) in [4.78, 5) is 27.1. The van der Waals surface area contributed by atoms with Crippen LogP contribution in [0.2, 0.25) is 0 Å². The van der Waals surface area contributed by atoms with Crippen molar-refractivity contribution in [1.82, 2.24) is 14.9 Å². The first-order valence-corrected chi connectivity index (χ1v) is 7.90. The van der Waals surface area contributed by atoms with Gasteiger partial charge < -0.3 is 4.74 Å². The van der Waals surface area contributed by atoms with Crippen molar-refractivity contribution in [2.24, 2.45) is 4.99 Å². The summed E-state index contributed by atoms with van der Waals surface area (Å²) in [6, 6.07) is 4.66. The highest BCUT2D eigenvalue weighted by atomic mass is 16.5. The van der Waals surface area contributed by atoms with Crippen LogP contribution in [0.25, 0.3) is 0 Å². The molecular formula is C18H18N4O2. The molecule has 0 aliphatic carbocycles. The molecule has 0 radical (unpaired) electrons. The summed E-state index contributed by atoms with van der Waals surface area (Å²) < 4.78 is 5.01. The third-order valence-corrected chi connectivity index (χ3v) is 4.45. The predicted octanol–water partition coefficient (Wildman–Crippen LogP) is 1.39. The van der Waals surface area contributed by atoms with E-state index in [1.165, 1.54) is 5.56 Å². The van der Waals surface area contributed by atoms with Crippen LogP contribution < -0.4 is 4.74 Å². The smallest absolute Gasteiger partial charge is 0.316 e. The van der Waals surface area contributed by atoms with E-state index in [-0.39, 0.29) is 5.78 Å². The highest BCUT2D eigenvalue weighted by Crippen LogP contribution is 2.28. The molecule has 0 unspecified atom stereocenters. The predicted molar refractivity (Wildman–Crippen MR) is 89.4 cm³/mol. The molecule has 0 spiro atoms. The molecule has 2 aliphatic rings. The van der Waals surface area contributed by atoms with Crippen LogP contribution in [0.4, 0.5) is 0 Å². The van der Waals surface area contributed by atoms with Gasteiger partial charge in [0.05, 0.1) is 25.9 Å². The lowest BCUT2D eigenvalue weighted by atomic mass is 9.94. The zero-order valence-corrected chi connectivity index (χ0v) is 13.7. The summed E-state index contributed by atoms with van der Waals surface area (Å²) in [7, 11) is 3.52. The van der Waals surface area contributed by atoms with Crippen LogP contribution in [0.5, 0.6) is 6.01 Å². The van der Waals surface area contributed by atoms with Gasteiger partial charge in [-0.05, 0) is 29.8 Å². The van der Waals surface area contributed by atoms with E-state index in [0.717, 1.165) is 34.5 Å². The average molecular weight is 322 g/mol. The second kappa shape index (κ2) is 5.79. The lowest BCUT2D eigenvalue weighted by Gasteiger charge is -2.14. The Morgan fingerprint density at radius 3 is 2.62 bits per heavy atom. The van der Waals surface area contributed by atoms with E-state index >= 15 is 0 Å². The minimum atomic E-state index is 0.263. The van der Waals surface area contributed by atoms with Crippen molar-refractivity contribution >= 4 is 11.5 Å². The van der Waals surface area contributed by atoms with E-state index in [1.807, 2.05) is 7.05 Å². The zero-order chi connectivity index (χ0) is 16.7. The number of rotatable bonds is 2. The van der Waals surface area contributed by atoms with Crippen LogP contribution in [0.15, 0.2) is 29.5 Å². The van der Waals surface area contributed by atoms with Crippen molar-refractivity contribution in [3.63, 3.8) is 0 Å². The number of aliphatic imine (C=N–C) groups is 1. The summed E-state index contributed by atoms with van der Waals surface area (Å²) in [5.41, 5.74) is 6.40. The Hall–Kier alpha value is -2.60. The van der Waals surface area contributed by atoms with Gasteiger partial charge in [-0.2, -0.15) is 0 Å². The zero-order valence-electron chi connectivity index (χ0n) is 13.7. The Labute approximate surface area is 140 Å². The first-order valence-electron chi connectivity index (χ1n) is 7.90. The van der Waals surface area contributed by atoms with Gasteiger partial charge in [-0.3, -0.25) is 14.7 Å². The molecule has 6 nitrogen and oxygen atoms in total. The lowest BCUT2D eigenvalue weighted by Crippen LogP contribution is -2.23. The van der Waals surface area contributed by atoms with Gasteiger partial charge in [0.2, 0.25) is 0 Å². The number of hydrogen-bond donors (Lipinski definition) is 0. The van der Waals surface area contributed by atoms with E-state index in [1.54, 1.807) is 19.5 Å². The summed E-state index contributed by atoms with van der Waals surface area (Å²) in [6.07, 6.45) is 3.98. The van der Waals surface area contributed by atoms with Gasteiger partial charge >= 0.3 is 6.01 Å². The fourth-order valence-corrected chi connectivity index (χ4v) is 3.36. The highest BCUT2D eigenvalue weighted by Gasteiger charge is 2.24. The standard InChI is InChI=1S/C18H18N4O2/c1-22-9-13-5-16-12(3-11(13)4-15(23)10-22)6-19-17(16)14-7-20-18(24-2)21-8-14/h3,5,7-8H,4,6,9-10H2,1-2H3. The number of ketones is 1. The monoisotopic (exact) mass is 322 g/mol. The second-order valence-corrected chi connectivity index (χ2v) is 6.29. The minimum Gasteiger partial charge on any atom is -0.467 e. The van der Waals surface area contributed by atoms with Crippen molar-refractivity contribution in [1.29, 1.82) is 0 Å². The SMILES string of the molecule is COc1ncc(C2=NCc3cc4c(cc32)CN(C)CC(=O)C4)cn1. The van der Waals surface area contributed by atoms with Crippen LogP contribution >= 0.6 is 0 Å². The number of likely N-dealkylation sites (N-methyl/N-ethyl adjacent to an activating group) is 1. The molecular weight excluding hydrogens is 304 g/mol. The van der Waals surface area contributed by atoms with Gasteiger partial charge in [0, 0.05) is 36.5 Å². The number of hydrogen-bond acceptors (Lipinski definition) is 6. The largest absolute Gasteiger partial charge is 0.467 e. The molecule has 0 atom stereocenters. The molecule has 0 N–H and O–H groups in total. The second-order valence-electron chi connectivity index (χ2n) is 6.29. The quantitative estimate of drug-likeness (QED) is 0.836. The molecule has 122 valence electrons. The number of fused-ring (bicyclic) bond motifs is 2. The van der Waals surface area contributed by atoms with E-state index in [9.17, 15) is 4.79 Å². The normalized spacial score (nSPS) is 17.1. The average Bonchev–Trinajstić information content (AvgIpc) is 2.91. The number of benzene rings is 1. The summed E-state index contributed by atoms with van der Waals surface area (Å²) in [5, 5.41) is 0. The summed E-state index contributed by atoms with van der Waals surface area (Å²) >= 11 is 0. The number of ether oxygens (including phenoxy) is 1. The van der Waals surface area contributed by atoms with E-state index in [0.29, 0.717) is 25.5 Å². The van der Waals surface area contributed by atoms with Crippen LogP contribution in [0.1, 0.15) is 27.8 Å². The molecule has 1 aromatic carbocycles. The first-order chi connectivity index (χ1) is 11.6. The van der Waals surface area contributed by atoms with Crippen LogP contribution in [-0.2, 0) is 24.3 Å². The highest BCUT2D eigenvalue weighted by molar-refractivity contribution is 6.15. The molecule has 3 heterocycles. The van der Waals surface area contributed by atoms with Gasteiger partial charge in [0.25, 0.3) is 0 Å². The van der Waals surface area contributed by atoms with Crippen molar-refractivity contribution in [2.75, 3.05) is 20.7 Å². The molecule has 6 heteroatoms. The Morgan fingerprint density at radius 1 is 1.08 bits per heavy atom. The maximum Gasteiger partial charge on any atom is 0.316 e. The fraction of sp³-hybridized carbons (Fsp3) is 0.333. The lowest BCUT2D eigenvalue weighted by molar-refractivity contribution is -0.119. The molecule has 24 heavy (non-hydrogen) atoms. The van der Waals surface area contributed by atoms with E-state index in [2.05, 4.69) is 32.0 Å². The maximum absolute atomic E-state index is 12.0. The Bertz CT molecular complexity index is 843. The number of methoxy groups -OCH3 is 1. The van der Waals surface area contributed by atoms with Gasteiger partial charge in [-0.1, -0.05) is 6.07 Å². The maximum atomic E-state index is 12.0. The van der Waals surface area contributed by atoms with Gasteiger partial charge in [-0.15, -0.1) is 0 Å². The van der Waals surface area contributed by atoms with Crippen molar-refractivity contribution in [3.05, 3.63) is 52.3 Å². The molecule has 0 saturated heterocycles. The molecule has 0 bridgehead atoms. The van der Waals surface area contributed by atoms with E-state index < -0.39 is 0 Å². The third-order valence-electron chi connectivity index (χ3n) is 4.45. The topological polar surface area (TPSA) is 67.7 Å². The van der Waals surface area contributed by atoms with Crippen LogP contribution in [-0.4, -0.2) is 47.1 Å². The van der Waals surface area contributed by atoms with Crippen LogP contribution in [0.3, 0.4) is 0 Å². The van der Waals surface area contributed by atoms with Gasteiger partial charge in [-0.25, -0.2) is 9.97 Å². The van der Waals surface area contributed by atoms with Gasteiger partial charge in [0.15, 0.2) is 5.78 Å². The third kappa shape index (κ3) is 2.59. The number of carbonyl (C=O) groups excluding carboxylic acids is 1. The number of carbonyl (C=O) groups is 1. The molecule has 0 fully saturated rings. The molecule has 2 aromatic rings. The molecule has 2 aliphatic heterocycles. The summed E-state index contributed by atoms with van der Waals surface area (Å²) in [5.74, 6) is 0.263. The van der Waals surface area contributed by atoms with E-state index in [4.69, 9.17) is 4.74 Å². The minimum absolute atomic E-state index is 0.263. The number of nitrogens with zero attached hydrogens (tertiary/aromatic N) is 4. The molecule has 0 saturated carbocycles. The Kier molecular flexibility index (Phi) is 3.61. The number of aromatic nitrogens is 2. The molecule has 4 rings (SSSR count). The number of Topliss-reactive ketones (excluding diaryl/α,β-unsaturated/α-hetero) is 1. The van der Waals surface area contributed by atoms with Crippen molar-refractivity contribution in [3.8, 4) is 6.01 Å². The Morgan fingerprint density at radius 2 is 1.88 bits per heavy atom. The Balaban J connectivity index is 1.73. The van der Waals surface area contributed by atoms with Gasteiger partial charge in [0.1, 0.15) is 0 Å². The fourth-order valence-electron chi connectivity index (χ4n) is 3.36. The van der Waals surface area contributed by atoms with Crippen molar-refractivity contribution in [2.45, 2.75) is 19.5 Å². The first kappa shape index (κ1) is 15.0. The van der Waals surface area contributed by atoms with Crippen molar-refractivity contribution < 1.29 is 9.53 Å². The summed E-state index contributed by atoms with van der Waals surface area (Å²) in [6.45, 7) is 1.92. The molecule has 1 aromatic heterocycles.